The molecule has 0 aliphatic rings. The van der Waals surface area contributed by atoms with Gasteiger partial charge in [0.05, 0.1) is 11.8 Å². The van der Waals surface area contributed by atoms with Crippen LogP contribution in [0, 0.1) is 6.92 Å². The van der Waals surface area contributed by atoms with Gasteiger partial charge < -0.3 is 0 Å². The molecule has 0 fully saturated rings. The van der Waals surface area contributed by atoms with Crippen LogP contribution in [-0.2, 0) is 0 Å². The second-order valence-corrected chi connectivity index (χ2v) is 3.95. The van der Waals surface area contributed by atoms with Gasteiger partial charge in [-0.15, -0.1) is 0 Å². The molecule has 2 heteroatoms. The zero-order chi connectivity index (χ0) is 11.0. The molecule has 1 N–H and O–H groups in total. The fourth-order valence-corrected chi connectivity index (χ4v) is 2.04. The fraction of sp³-hybridized carbons (Fsp3) is 0.0714. The summed E-state index contributed by atoms with van der Waals surface area (Å²) in [6, 6.07) is 14.6. The number of aromatic amines is 1. The maximum absolute atomic E-state index is 3.33. The van der Waals surface area contributed by atoms with Crippen molar-refractivity contribution < 1.29 is 4.40 Å². The lowest BCUT2D eigenvalue weighted by molar-refractivity contribution is -0.498. The van der Waals surface area contributed by atoms with E-state index in [-0.39, 0.29) is 0 Å². The van der Waals surface area contributed by atoms with Crippen LogP contribution in [0.2, 0.25) is 0 Å². The summed E-state index contributed by atoms with van der Waals surface area (Å²) in [7, 11) is 0. The molecule has 2 heterocycles. The molecule has 2 aromatic heterocycles. The third-order valence-electron chi connectivity index (χ3n) is 2.89. The molecule has 0 aliphatic heterocycles. The van der Waals surface area contributed by atoms with Gasteiger partial charge in [0.2, 0.25) is 0 Å². The zero-order valence-electron chi connectivity index (χ0n) is 9.14. The molecule has 0 saturated heterocycles. The van der Waals surface area contributed by atoms with Crippen LogP contribution in [-0.4, -0.2) is 4.98 Å². The quantitative estimate of drug-likeness (QED) is 0.595. The first-order valence-electron chi connectivity index (χ1n) is 5.40. The largest absolute Gasteiger partial charge is 0.292 e. The van der Waals surface area contributed by atoms with Gasteiger partial charge in [0, 0.05) is 0 Å². The average Bonchev–Trinajstić information content (AvgIpc) is 2.74. The van der Waals surface area contributed by atoms with Crippen LogP contribution in [0.1, 0.15) is 5.56 Å². The van der Waals surface area contributed by atoms with Crippen molar-refractivity contribution in [3.63, 3.8) is 0 Å². The number of benzene rings is 1. The van der Waals surface area contributed by atoms with Gasteiger partial charge >= 0.3 is 0 Å². The van der Waals surface area contributed by atoms with E-state index in [9.17, 15) is 0 Å². The number of pyridine rings is 1. The normalized spacial score (nSPS) is 10.8. The van der Waals surface area contributed by atoms with Gasteiger partial charge in [0.25, 0.3) is 5.82 Å². The van der Waals surface area contributed by atoms with Crippen molar-refractivity contribution in [1.82, 2.24) is 4.98 Å². The molecular weight excluding hydrogens is 196 g/mol. The number of rotatable bonds is 1. The Morgan fingerprint density at radius 2 is 1.81 bits per heavy atom. The predicted octanol–water partition coefficient (Wildman–Crippen LogP) is 2.73. The van der Waals surface area contributed by atoms with E-state index in [0.29, 0.717) is 0 Å². The molecule has 0 spiro atoms. The van der Waals surface area contributed by atoms with Crippen molar-refractivity contribution in [3.8, 4) is 11.4 Å². The van der Waals surface area contributed by atoms with E-state index >= 15 is 0 Å². The molecule has 0 radical (unpaired) electrons. The van der Waals surface area contributed by atoms with Gasteiger partial charge in [0.1, 0.15) is 6.20 Å². The monoisotopic (exact) mass is 209 g/mol. The van der Waals surface area contributed by atoms with Gasteiger partial charge in [-0.1, -0.05) is 24.3 Å². The number of aromatic nitrogens is 2. The number of aryl methyl sites for hydroxylation is 1. The van der Waals surface area contributed by atoms with E-state index in [4.69, 9.17) is 0 Å². The summed E-state index contributed by atoms with van der Waals surface area (Å²) in [5, 5.41) is 0. The standard InChI is InChI=1S/C14H12N2/c1-11-6-2-3-8-13(11)14-15-10-12-7-4-5-9-16(12)14/h2-10H,1H3/p+1. The molecule has 78 valence electrons. The van der Waals surface area contributed by atoms with Crippen LogP contribution in [0.5, 0.6) is 0 Å². The Labute approximate surface area is 94.2 Å². The number of fused-ring (bicyclic) bond motifs is 1. The van der Waals surface area contributed by atoms with Crippen LogP contribution in [0.15, 0.2) is 54.9 Å². The molecule has 2 nitrogen and oxygen atoms in total. The second kappa shape index (κ2) is 3.49. The zero-order valence-corrected chi connectivity index (χ0v) is 9.14. The Hall–Kier alpha value is -2.09. The van der Waals surface area contributed by atoms with Gasteiger partial charge in [0.15, 0.2) is 5.52 Å². The van der Waals surface area contributed by atoms with Crippen LogP contribution in [0.25, 0.3) is 16.9 Å². The maximum atomic E-state index is 3.33. The molecule has 3 aromatic rings. The first-order valence-corrected chi connectivity index (χ1v) is 5.40. The summed E-state index contributed by atoms with van der Waals surface area (Å²) in [4.78, 5) is 3.33. The fourth-order valence-electron chi connectivity index (χ4n) is 2.04. The van der Waals surface area contributed by atoms with E-state index in [2.05, 4.69) is 52.8 Å². The van der Waals surface area contributed by atoms with Gasteiger partial charge in [-0.25, -0.2) is 4.98 Å². The SMILES string of the molecule is Cc1ccccc1-c1[nH]cc2cccc[n+]12. The smallest absolute Gasteiger partial charge is 0.242 e. The molecular formula is C14H13N2+. The molecule has 0 aliphatic carbocycles. The number of hydrogen-bond acceptors (Lipinski definition) is 0. The van der Waals surface area contributed by atoms with Crippen LogP contribution in [0.3, 0.4) is 0 Å². The Morgan fingerprint density at radius 3 is 2.69 bits per heavy atom. The summed E-state index contributed by atoms with van der Waals surface area (Å²) < 4.78 is 2.17. The lowest BCUT2D eigenvalue weighted by atomic mass is 10.1. The summed E-state index contributed by atoms with van der Waals surface area (Å²) in [5.74, 6) is 1.13. The van der Waals surface area contributed by atoms with Crippen molar-refractivity contribution in [2.75, 3.05) is 0 Å². The van der Waals surface area contributed by atoms with E-state index in [1.165, 1.54) is 16.6 Å². The minimum absolute atomic E-state index is 1.13. The van der Waals surface area contributed by atoms with Crippen molar-refractivity contribution in [3.05, 3.63) is 60.4 Å². The summed E-state index contributed by atoms with van der Waals surface area (Å²) >= 11 is 0. The highest BCUT2D eigenvalue weighted by atomic mass is 15.0. The average molecular weight is 209 g/mol. The molecule has 3 rings (SSSR count). The Kier molecular flexibility index (Phi) is 2.00. The number of imidazole rings is 1. The third kappa shape index (κ3) is 1.31. The van der Waals surface area contributed by atoms with Crippen molar-refractivity contribution in [1.29, 1.82) is 0 Å². The molecule has 16 heavy (non-hydrogen) atoms. The van der Waals surface area contributed by atoms with Crippen molar-refractivity contribution in [2.45, 2.75) is 6.92 Å². The Bertz CT molecular complexity index is 638. The lowest BCUT2D eigenvalue weighted by Crippen LogP contribution is -2.21. The topological polar surface area (TPSA) is 19.9 Å². The van der Waals surface area contributed by atoms with E-state index in [1.54, 1.807) is 0 Å². The number of H-pyrrole nitrogens is 1. The van der Waals surface area contributed by atoms with Crippen molar-refractivity contribution >= 4 is 5.52 Å². The molecule has 0 amide bonds. The maximum Gasteiger partial charge on any atom is 0.292 e. The number of hydrogen-bond donors (Lipinski definition) is 1. The summed E-state index contributed by atoms with van der Waals surface area (Å²) in [6.07, 6.45) is 4.11. The molecule has 1 aromatic carbocycles. The Morgan fingerprint density at radius 1 is 1.00 bits per heavy atom. The number of nitrogens with zero attached hydrogens (tertiary/aromatic N) is 1. The lowest BCUT2D eigenvalue weighted by Gasteiger charge is -1.98. The third-order valence-corrected chi connectivity index (χ3v) is 2.89. The minimum atomic E-state index is 1.13. The molecule has 0 saturated carbocycles. The highest BCUT2D eigenvalue weighted by Gasteiger charge is 2.14. The second-order valence-electron chi connectivity index (χ2n) is 3.95. The van der Waals surface area contributed by atoms with Gasteiger partial charge in [-0.3, -0.25) is 0 Å². The van der Waals surface area contributed by atoms with Crippen LogP contribution >= 0.6 is 0 Å². The van der Waals surface area contributed by atoms with E-state index in [1.807, 2.05) is 18.3 Å². The molecule has 0 atom stereocenters. The van der Waals surface area contributed by atoms with Crippen LogP contribution in [0.4, 0.5) is 0 Å². The minimum Gasteiger partial charge on any atom is -0.242 e. The Balaban J connectivity index is 2.31. The van der Waals surface area contributed by atoms with E-state index in [0.717, 1.165) is 5.82 Å². The van der Waals surface area contributed by atoms with E-state index < -0.39 is 0 Å². The van der Waals surface area contributed by atoms with Gasteiger partial charge in [-0.05, 0) is 30.7 Å². The highest BCUT2D eigenvalue weighted by molar-refractivity contribution is 5.59. The van der Waals surface area contributed by atoms with Crippen molar-refractivity contribution in [2.24, 2.45) is 0 Å². The summed E-state index contributed by atoms with van der Waals surface area (Å²) in [5.41, 5.74) is 3.71. The predicted molar refractivity (Wildman–Crippen MR) is 64.1 cm³/mol. The highest BCUT2D eigenvalue weighted by Crippen LogP contribution is 2.18. The first kappa shape index (κ1) is 9.16. The first-order chi connectivity index (χ1) is 7.86. The van der Waals surface area contributed by atoms with Crippen LogP contribution < -0.4 is 4.40 Å². The summed E-state index contributed by atoms with van der Waals surface area (Å²) in [6.45, 7) is 2.13. The molecule has 0 unspecified atom stereocenters. The molecule has 0 bridgehead atoms. The number of nitrogens with one attached hydrogen (secondary N) is 1. The van der Waals surface area contributed by atoms with Gasteiger partial charge in [-0.2, -0.15) is 4.40 Å².